The van der Waals surface area contributed by atoms with Gasteiger partial charge in [0.2, 0.25) is 5.91 Å². The van der Waals surface area contributed by atoms with Gasteiger partial charge in [-0.3, -0.25) is 14.7 Å². The Morgan fingerprint density at radius 2 is 2.30 bits per heavy atom. The molecule has 126 valence electrons. The minimum absolute atomic E-state index is 0.0163. The van der Waals surface area contributed by atoms with Gasteiger partial charge in [0.1, 0.15) is 12.3 Å². The number of amides is 2. The first kappa shape index (κ1) is 16.0. The Hall–Kier alpha value is -1.89. The maximum Gasteiger partial charge on any atom is 0.271 e. The van der Waals surface area contributed by atoms with E-state index in [1.807, 2.05) is 11.0 Å². The van der Waals surface area contributed by atoms with E-state index in [2.05, 4.69) is 29.4 Å². The Balaban J connectivity index is 1.48. The first-order chi connectivity index (χ1) is 11.0. The highest BCUT2D eigenvalue weighted by Crippen LogP contribution is 2.38. The third kappa shape index (κ3) is 4.10. The summed E-state index contributed by atoms with van der Waals surface area (Å²) >= 11 is 0. The molecule has 0 bridgehead atoms. The number of H-pyrrole nitrogens is 1. The smallest absolute Gasteiger partial charge is 0.271 e. The molecule has 1 aliphatic heterocycles. The van der Waals surface area contributed by atoms with Crippen LogP contribution < -0.4 is 5.32 Å². The van der Waals surface area contributed by atoms with Gasteiger partial charge >= 0.3 is 0 Å². The number of carbonyl (C=O) groups is 2. The molecule has 2 N–H and O–H groups in total. The van der Waals surface area contributed by atoms with Gasteiger partial charge in [-0.05, 0) is 24.8 Å². The van der Waals surface area contributed by atoms with Crippen LogP contribution in [0.25, 0.3) is 0 Å². The fourth-order valence-corrected chi connectivity index (χ4v) is 2.77. The van der Waals surface area contributed by atoms with Crippen LogP contribution in [0.2, 0.25) is 0 Å². The molecule has 1 aromatic heterocycles. The number of morpholine rings is 1. The number of nitrogens with zero attached hydrogens (tertiary/aromatic N) is 2. The molecule has 0 spiro atoms. The molecule has 1 saturated carbocycles. The van der Waals surface area contributed by atoms with Crippen molar-refractivity contribution in [2.45, 2.75) is 38.7 Å². The molecule has 1 unspecified atom stereocenters. The average Bonchev–Trinajstić information content (AvgIpc) is 3.24. The number of ether oxygens (including phenoxy) is 1. The molecule has 1 aromatic rings. The molecule has 1 aliphatic carbocycles. The Morgan fingerprint density at radius 3 is 3.00 bits per heavy atom. The van der Waals surface area contributed by atoms with E-state index in [1.165, 1.54) is 12.8 Å². The molecule has 23 heavy (non-hydrogen) atoms. The maximum atomic E-state index is 12.1. The number of aromatic amines is 1. The highest BCUT2D eigenvalue weighted by molar-refractivity contribution is 5.92. The van der Waals surface area contributed by atoms with Crippen LogP contribution in [-0.4, -0.2) is 59.3 Å². The Bertz CT molecular complexity index is 580. The van der Waals surface area contributed by atoms with Gasteiger partial charge in [-0.15, -0.1) is 0 Å². The molecule has 0 aromatic carbocycles. The first-order valence-electron chi connectivity index (χ1n) is 8.25. The molecule has 1 saturated heterocycles. The Morgan fingerprint density at radius 1 is 1.52 bits per heavy atom. The van der Waals surface area contributed by atoms with Gasteiger partial charge in [0.15, 0.2) is 0 Å². The zero-order chi connectivity index (χ0) is 16.4. The third-order valence-electron chi connectivity index (χ3n) is 4.14. The fraction of sp³-hybridized carbons (Fsp3) is 0.688. The molecular weight excluding hydrogens is 296 g/mol. The molecule has 2 heterocycles. The van der Waals surface area contributed by atoms with Crippen molar-refractivity contribution in [3.63, 3.8) is 0 Å². The van der Waals surface area contributed by atoms with Crippen molar-refractivity contribution in [1.29, 1.82) is 0 Å². The largest absolute Gasteiger partial charge is 0.365 e. The highest BCUT2D eigenvalue weighted by atomic mass is 16.5. The predicted octanol–water partition coefficient (Wildman–Crippen LogP) is 0.900. The summed E-state index contributed by atoms with van der Waals surface area (Å²) in [5.74, 6) is 0.769. The van der Waals surface area contributed by atoms with Crippen molar-refractivity contribution in [2.75, 3.05) is 26.2 Å². The SMILES string of the molecule is CC(C)CN1CC(CNC(=O)c2cc(C3CC3)[nH]n2)OCC1=O. The van der Waals surface area contributed by atoms with Gasteiger partial charge < -0.3 is 15.0 Å². The summed E-state index contributed by atoms with van der Waals surface area (Å²) < 4.78 is 5.51. The van der Waals surface area contributed by atoms with E-state index in [9.17, 15) is 9.59 Å². The number of hydrogen-bond acceptors (Lipinski definition) is 4. The van der Waals surface area contributed by atoms with E-state index >= 15 is 0 Å². The standard InChI is InChI=1S/C16H24N4O3/c1-10(2)7-20-8-12(23-9-15(20)21)6-17-16(22)14-5-13(18-19-14)11-3-4-11/h5,10-12H,3-4,6-9H2,1-2H3,(H,17,22)(H,18,19). The van der Waals surface area contributed by atoms with Gasteiger partial charge in [-0.2, -0.15) is 5.10 Å². The monoisotopic (exact) mass is 320 g/mol. The van der Waals surface area contributed by atoms with Gasteiger partial charge in [-0.1, -0.05) is 13.8 Å². The van der Waals surface area contributed by atoms with Crippen molar-refractivity contribution in [3.8, 4) is 0 Å². The molecule has 0 radical (unpaired) electrons. The van der Waals surface area contributed by atoms with Crippen LogP contribution in [0.1, 0.15) is 48.8 Å². The van der Waals surface area contributed by atoms with E-state index < -0.39 is 0 Å². The minimum Gasteiger partial charge on any atom is -0.365 e. The van der Waals surface area contributed by atoms with Gasteiger partial charge in [0.25, 0.3) is 5.91 Å². The molecule has 3 rings (SSSR count). The summed E-state index contributed by atoms with van der Waals surface area (Å²) in [6.45, 7) is 5.86. The number of aromatic nitrogens is 2. The lowest BCUT2D eigenvalue weighted by atomic mass is 10.1. The summed E-state index contributed by atoms with van der Waals surface area (Å²) in [5, 5.41) is 9.84. The summed E-state index contributed by atoms with van der Waals surface area (Å²) in [6, 6.07) is 1.82. The third-order valence-corrected chi connectivity index (χ3v) is 4.14. The first-order valence-corrected chi connectivity index (χ1v) is 8.25. The lowest BCUT2D eigenvalue weighted by Crippen LogP contribution is -2.51. The molecule has 2 amide bonds. The second kappa shape index (κ2) is 6.70. The van der Waals surface area contributed by atoms with Crippen molar-refractivity contribution in [1.82, 2.24) is 20.4 Å². The second-order valence-electron chi connectivity index (χ2n) is 6.82. The molecule has 7 heteroatoms. The van der Waals surface area contributed by atoms with Gasteiger partial charge in [0, 0.05) is 31.2 Å². The van der Waals surface area contributed by atoms with Gasteiger partial charge in [-0.25, -0.2) is 0 Å². The lowest BCUT2D eigenvalue weighted by Gasteiger charge is -2.33. The van der Waals surface area contributed by atoms with Crippen LogP contribution in [0, 0.1) is 5.92 Å². The summed E-state index contributed by atoms with van der Waals surface area (Å²) in [6.07, 6.45) is 2.16. The molecule has 2 aliphatic rings. The van der Waals surface area contributed by atoms with Crippen molar-refractivity contribution in [3.05, 3.63) is 17.5 Å². The number of rotatable bonds is 6. The molecule has 7 nitrogen and oxygen atoms in total. The van der Waals surface area contributed by atoms with Crippen LogP contribution in [0.3, 0.4) is 0 Å². The molecule has 2 fully saturated rings. The number of nitrogens with one attached hydrogen (secondary N) is 2. The van der Waals surface area contributed by atoms with E-state index in [0.29, 0.717) is 30.6 Å². The Kier molecular flexibility index (Phi) is 4.66. The summed E-state index contributed by atoms with van der Waals surface area (Å²) in [7, 11) is 0. The van der Waals surface area contributed by atoms with E-state index in [4.69, 9.17) is 4.74 Å². The van der Waals surface area contributed by atoms with Crippen LogP contribution in [0.15, 0.2) is 6.07 Å². The quantitative estimate of drug-likeness (QED) is 0.815. The van der Waals surface area contributed by atoms with Crippen molar-refractivity contribution >= 4 is 11.8 Å². The van der Waals surface area contributed by atoms with Crippen molar-refractivity contribution in [2.24, 2.45) is 5.92 Å². The van der Waals surface area contributed by atoms with E-state index in [1.54, 1.807) is 0 Å². The van der Waals surface area contributed by atoms with E-state index in [0.717, 1.165) is 12.2 Å². The number of carbonyl (C=O) groups excluding carboxylic acids is 2. The summed E-state index contributed by atoms with van der Waals surface area (Å²) in [5.41, 5.74) is 1.45. The maximum absolute atomic E-state index is 12.1. The van der Waals surface area contributed by atoms with E-state index in [-0.39, 0.29) is 24.5 Å². The number of hydrogen-bond donors (Lipinski definition) is 2. The van der Waals surface area contributed by atoms with Gasteiger partial charge in [0.05, 0.1) is 6.10 Å². The highest BCUT2D eigenvalue weighted by Gasteiger charge is 2.28. The van der Waals surface area contributed by atoms with Crippen LogP contribution >= 0.6 is 0 Å². The minimum atomic E-state index is -0.205. The normalized spacial score (nSPS) is 21.8. The predicted molar refractivity (Wildman–Crippen MR) is 84.1 cm³/mol. The lowest BCUT2D eigenvalue weighted by molar-refractivity contribution is -0.149. The average molecular weight is 320 g/mol. The van der Waals surface area contributed by atoms with Crippen LogP contribution in [0.4, 0.5) is 0 Å². The Labute approximate surface area is 135 Å². The fourth-order valence-electron chi connectivity index (χ4n) is 2.77. The second-order valence-corrected chi connectivity index (χ2v) is 6.82. The van der Waals surface area contributed by atoms with Crippen LogP contribution in [0.5, 0.6) is 0 Å². The summed E-state index contributed by atoms with van der Waals surface area (Å²) in [4.78, 5) is 25.8. The molecular formula is C16H24N4O3. The zero-order valence-corrected chi connectivity index (χ0v) is 13.7. The molecule has 1 atom stereocenters. The topological polar surface area (TPSA) is 87.3 Å². The van der Waals surface area contributed by atoms with Crippen LogP contribution in [-0.2, 0) is 9.53 Å². The van der Waals surface area contributed by atoms with Crippen molar-refractivity contribution < 1.29 is 14.3 Å². The zero-order valence-electron chi connectivity index (χ0n) is 13.7.